The fourth-order valence-corrected chi connectivity index (χ4v) is 12.0. The molecule has 5 heteroatoms. The Morgan fingerprint density at radius 1 is 0.600 bits per heavy atom. The third kappa shape index (κ3) is 5.74. The molecule has 2 nitrogen and oxygen atoms in total. The summed E-state index contributed by atoms with van der Waals surface area (Å²) in [6, 6.07) is 42.1. The molecule has 0 aliphatic carbocycles. The predicted molar refractivity (Wildman–Crippen MR) is 244 cm³/mol. The molecule has 278 valence electrons. The maximum absolute atomic E-state index is 2.65. The highest BCUT2D eigenvalue weighted by Crippen LogP contribution is 2.56. The van der Waals surface area contributed by atoms with Crippen molar-refractivity contribution < 1.29 is 0 Å². The van der Waals surface area contributed by atoms with Crippen molar-refractivity contribution in [2.45, 2.75) is 92.4 Å². The average molecular weight is 757 g/mol. The third-order valence-corrected chi connectivity index (χ3v) is 15.4. The minimum absolute atomic E-state index is 0.00576. The first kappa shape index (κ1) is 36.5. The van der Waals surface area contributed by atoms with Gasteiger partial charge in [-0.05, 0) is 110 Å². The van der Waals surface area contributed by atoms with Gasteiger partial charge in [0.15, 0.2) is 0 Å². The van der Waals surface area contributed by atoms with E-state index in [2.05, 4.69) is 207 Å². The Labute approximate surface area is 337 Å². The van der Waals surface area contributed by atoms with E-state index in [-0.39, 0.29) is 28.4 Å². The van der Waals surface area contributed by atoms with Crippen molar-refractivity contribution in [2.24, 2.45) is 5.41 Å². The quantitative estimate of drug-likeness (QED) is 0.165. The SMILES string of the molecule is Cc1cc2c3c(c1)N(c1ccc(C(C)(C)C)cc1)c1ccc4cc(C(C)(C)c5ccccc5)sc4c1B3C1=C(N2c2ccc(C(C)(C)C)cc2)C(C)(C)CS1. The number of aryl methyl sites for hydroxylation is 1. The highest BCUT2D eigenvalue weighted by Gasteiger charge is 2.51. The van der Waals surface area contributed by atoms with Crippen molar-refractivity contribution >= 4 is 79.3 Å². The summed E-state index contributed by atoms with van der Waals surface area (Å²) in [5.41, 5.74) is 16.1. The maximum Gasteiger partial charge on any atom is 0.261 e. The molecule has 0 spiro atoms. The largest absolute Gasteiger partial charge is 0.314 e. The van der Waals surface area contributed by atoms with Gasteiger partial charge in [-0.3, -0.25) is 0 Å². The highest BCUT2D eigenvalue weighted by molar-refractivity contribution is 8.05. The second-order valence-electron chi connectivity index (χ2n) is 19.3. The fourth-order valence-electron chi connectivity index (χ4n) is 9.10. The van der Waals surface area contributed by atoms with E-state index in [1.54, 1.807) is 0 Å². The van der Waals surface area contributed by atoms with Gasteiger partial charge in [-0.2, -0.15) is 0 Å². The predicted octanol–water partition coefficient (Wildman–Crippen LogP) is 13.2. The molecular weight excluding hydrogens is 704 g/mol. The number of nitrogens with zero attached hydrogens (tertiary/aromatic N) is 2. The average Bonchev–Trinajstić information content (AvgIpc) is 3.72. The number of fused-ring (bicyclic) bond motifs is 5. The minimum Gasteiger partial charge on any atom is -0.314 e. The highest BCUT2D eigenvalue weighted by atomic mass is 32.2. The summed E-state index contributed by atoms with van der Waals surface area (Å²) in [5, 5.41) is 1.34. The van der Waals surface area contributed by atoms with Gasteiger partial charge in [0.1, 0.15) is 0 Å². The number of thiophene rings is 1. The van der Waals surface area contributed by atoms with Crippen LogP contribution in [0.5, 0.6) is 0 Å². The van der Waals surface area contributed by atoms with E-state index in [1.165, 1.54) is 87.1 Å². The van der Waals surface area contributed by atoms with Crippen LogP contribution in [0.3, 0.4) is 0 Å². The van der Waals surface area contributed by atoms with Crippen LogP contribution in [0.15, 0.2) is 120 Å². The maximum atomic E-state index is 2.65. The van der Waals surface area contributed by atoms with Crippen LogP contribution in [0.25, 0.3) is 10.1 Å². The van der Waals surface area contributed by atoms with Crippen LogP contribution in [0.4, 0.5) is 28.4 Å². The number of hydrogen-bond acceptors (Lipinski definition) is 4. The van der Waals surface area contributed by atoms with Crippen molar-refractivity contribution in [3.05, 3.63) is 147 Å². The van der Waals surface area contributed by atoms with Crippen LogP contribution in [0, 0.1) is 12.3 Å². The van der Waals surface area contributed by atoms with Gasteiger partial charge in [0.2, 0.25) is 0 Å². The monoisotopic (exact) mass is 756 g/mol. The first-order valence-corrected chi connectivity index (χ1v) is 21.7. The molecule has 0 amide bonds. The molecule has 0 atom stereocenters. The Bertz CT molecular complexity index is 2510. The zero-order valence-corrected chi connectivity index (χ0v) is 36.0. The van der Waals surface area contributed by atoms with Gasteiger partial charge in [-0.15, -0.1) is 23.1 Å². The Morgan fingerprint density at radius 2 is 1.16 bits per heavy atom. The van der Waals surface area contributed by atoms with Crippen molar-refractivity contribution in [1.82, 2.24) is 0 Å². The second-order valence-corrected chi connectivity index (χ2v) is 21.4. The molecule has 9 rings (SSSR count). The molecule has 6 aromatic rings. The first-order valence-electron chi connectivity index (χ1n) is 19.9. The number of benzene rings is 5. The number of rotatable bonds is 4. The van der Waals surface area contributed by atoms with E-state index in [0.717, 1.165) is 5.75 Å². The fraction of sp³-hybridized carbons (Fsp3) is 0.320. The molecule has 0 radical (unpaired) electrons. The zero-order chi connectivity index (χ0) is 38.8. The van der Waals surface area contributed by atoms with Crippen LogP contribution < -0.4 is 20.7 Å². The molecule has 3 aliphatic rings. The lowest BCUT2D eigenvalue weighted by Gasteiger charge is -2.46. The van der Waals surface area contributed by atoms with Crippen LogP contribution in [0.1, 0.15) is 96.4 Å². The lowest BCUT2D eigenvalue weighted by molar-refractivity contribution is 0.513. The topological polar surface area (TPSA) is 6.48 Å². The van der Waals surface area contributed by atoms with Crippen molar-refractivity contribution in [3.8, 4) is 0 Å². The first-order chi connectivity index (χ1) is 25.9. The smallest absolute Gasteiger partial charge is 0.261 e. The lowest BCUT2D eigenvalue weighted by atomic mass is 9.36. The number of hydrogen-bond donors (Lipinski definition) is 0. The number of anilines is 5. The van der Waals surface area contributed by atoms with Gasteiger partial charge in [-0.1, -0.05) is 130 Å². The standard InChI is InChI=1S/C50H53BN2S2/c1-31-27-39-42-40(28-31)53(37-24-20-34(21-25-37)48(5,6)7)45-46(54-30-49(45,8)9)51(42)43-38(52(39)36-22-18-33(19-23-36)47(2,3)4)26-17-32-29-41(55-44(32)43)50(10,11)35-15-13-12-14-16-35/h12-29H,30H2,1-11H3. The molecule has 4 heterocycles. The summed E-state index contributed by atoms with van der Waals surface area (Å²) in [5.74, 6) is 1.06. The molecule has 0 bridgehead atoms. The van der Waals surface area contributed by atoms with E-state index < -0.39 is 0 Å². The lowest BCUT2D eigenvalue weighted by Crippen LogP contribution is -2.56. The summed E-state index contributed by atoms with van der Waals surface area (Å²) in [6.45, 7) is 25.9. The van der Waals surface area contributed by atoms with Crippen LogP contribution in [0.2, 0.25) is 0 Å². The molecule has 0 unspecified atom stereocenters. The van der Waals surface area contributed by atoms with Gasteiger partial charge < -0.3 is 9.80 Å². The Kier molecular flexibility index (Phi) is 8.22. The van der Waals surface area contributed by atoms with Crippen LogP contribution >= 0.6 is 23.1 Å². The van der Waals surface area contributed by atoms with Gasteiger partial charge in [-0.25, -0.2) is 0 Å². The molecule has 0 N–H and O–H groups in total. The third-order valence-electron chi connectivity index (χ3n) is 12.3. The molecule has 0 fully saturated rings. The molecule has 0 saturated carbocycles. The van der Waals surface area contributed by atoms with Crippen LogP contribution in [-0.4, -0.2) is 12.5 Å². The molecule has 5 aromatic carbocycles. The summed E-state index contributed by atoms with van der Waals surface area (Å²) in [4.78, 5) is 8.15. The van der Waals surface area contributed by atoms with E-state index in [1.807, 2.05) is 11.3 Å². The van der Waals surface area contributed by atoms with E-state index in [4.69, 9.17) is 0 Å². The normalized spacial score (nSPS) is 16.5. The Balaban J connectivity index is 1.35. The van der Waals surface area contributed by atoms with Gasteiger partial charge in [0.05, 0.1) is 0 Å². The molecule has 1 aromatic heterocycles. The Hall–Kier alpha value is -4.19. The van der Waals surface area contributed by atoms with Gasteiger partial charge in [0, 0.05) is 60.3 Å². The van der Waals surface area contributed by atoms with Gasteiger partial charge in [0.25, 0.3) is 6.71 Å². The molecule has 55 heavy (non-hydrogen) atoms. The van der Waals surface area contributed by atoms with Crippen molar-refractivity contribution in [3.63, 3.8) is 0 Å². The van der Waals surface area contributed by atoms with Crippen LogP contribution in [-0.2, 0) is 16.2 Å². The van der Waals surface area contributed by atoms with E-state index >= 15 is 0 Å². The van der Waals surface area contributed by atoms with E-state index in [9.17, 15) is 0 Å². The molecule has 0 saturated heterocycles. The van der Waals surface area contributed by atoms with Gasteiger partial charge >= 0.3 is 0 Å². The summed E-state index contributed by atoms with van der Waals surface area (Å²) >= 11 is 4.10. The molecule has 3 aliphatic heterocycles. The van der Waals surface area contributed by atoms with Crippen molar-refractivity contribution in [1.29, 1.82) is 0 Å². The second kappa shape index (κ2) is 12.4. The van der Waals surface area contributed by atoms with E-state index in [0.29, 0.717) is 0 Å². The zero-order valence-electron chi connectivity index (χ0n) is 34.4. The molecular formula is C50H53BN2S2. The Morgan fingerprint density at radius 3 is 1.75 bits per heavy atom. The number of thioether (sulfide) groups is 1. The minimum atomic E-state index is -0.119. The summed E-state index contributed by atoms with van der Waals surface area (Å²) in [7, 11) is 0. The van der Waals surface area contributed by atoms with Crippen molar-refractivity contribution in [2.75, 3.05) is 15.6 Å². The summed E-state index contributed by atoms with van der Waals surface area (Å²) < 4.78 is 1.41. The number of allylic oxidation sites excluding steroid dienone is 1. The summed E-state index contributed by atoms with van der Waals surface area (Å²) in [6.07, 6.45) is 0.